The summed E-state index contributed by atoms with van der Waals surface area (Å²) in [6, 6.07) is 7.89. The number of imide groups is 2. The van der Waals surface area contributed by atoms with E-state index in [0.29, 0.717) is 60.6 Å². The molecule has 1 aliphatic rings. The first-order chi connectivity index (χ1) is 18.3. The Kier molecular flexibility index (Phi) is 10.6. The predicted molar refractivity (Wildman–Crippen MR) is 151 cm³/mol. The normalized spacial score (nSPS) is 14.4. The van der Waals surface area contributed by atoms with E-state index in [9.17, 15) is 14.4 Å². The molecule has 1 fully saturated rings. The number of carbonyl (C=O) groups excluding carboxylic acids is 3. The van der Waals surface area contributed by atoms with Gasteiger partial charge in [-0.3, -0.25) is 19.8 Å². The minimum Gasteiger partial charge on any atom is -0.490 e. The van der Waals surface area contributed by atoms with Crippen LogP contribution in [-0.2, 0) is 16.1 Å². The predicted octanol–water partition coefficient (Wildman–Crippen LogP) is 5.10. The topological polar surface area (TPSA) is 103 Å². The molecule has 2 aromatic carbocycles. The molecule has 3 rings (SSSR count). The summed E-state index contributed by atoms with van der Waals surface area (Å²) in [7, 11) is 0. The van der Waals surface area contributed by atoms with E-state index >= 15 is 0 Å². The van der Waals surface area contributed by atoms with E-state index in [1.54, 1.807) is 36.4 Å². The number of benzene rings is 2. The second-order valence-electron chi connectivity index (χ2n) is 8.13. The summed E-state index contributed by atoms with van der Waals surface area (Å²) in [5.41, 5.74) is 1.02. The highest BCUT2D eigenvalue weighted by atomic mass is 127. The molecule has 0 aliphatic carbocycles. The molecular formula is C28H31IN2O7. The zero-order valence-electron chi connectivity index (χ0n) is 21.7. The molecule has 0 spiro atoms. The summed E-state index contributed by atoms with van der Waals surface area (Å²) < 4.78 is 23.6. The van der Waals surface area contributed by atoms with Gasteiger partial charge in [-0.2, -0.15) is 0 Å². The van der Waals surface area contributed by atoms with Crippen LogP contribution in [-0.4, -0.2) is 49.2 Å². The fourth-order valence-electron chi connectivity index (χ4n) is 3.65. The number of hydrogen-bond acceptors (Lipinski definition) is 7. The number of amides is 4. The molecule has 1 N–H and O–H groups in total. The zero-order chi connectivity index (χ0) is 27.7. The summed E-state index contributed by atoms with van der Waals surface area (Å²) in [6.07, 6.45) is 3.91. The average Bonchev–Trinajstić information content (AvgIpc) is 2.88. The highest BCUT2D eigenvalue weighted by Gasteiger charge is 2.36. The number of carbonyl (C=O) groups is 3. The van der Waals surface area contributed by atoms with Crippen LogP contribution in [0.15, 0.2) is 48.6 Å². The Balaban J connectivity index is 1.91. The standard InChI is InChI=1S/C28H31IN2O7/c1-5-11-37-22-10-9-18(15-23(22)35-7-3)17-31-27(33)20(26(32)30-28(31)34)13-19-14-21(29)25(38-12-6-2)24(16-19)36-8-4/h6,9-10,13-16H,2,5,7-8,11-12,17H2,1,3-4H3,(H,30,32,34)/b20-13+. The minimum absolute atomic E-state index is 0.0561. The molecule has 4 amide bonds. The van der Waals surface area contributed by atoms with Crippen molar-refractivity contribution in [2.24, 2.45) is 0 Å². The molecule has 38 heavy (non-hydrogen) atoms. The van der Waals surface area contributed by atoms with Crippen LogP contribution in [0.3, 0.4) is 0 Å². The van der Waals surface area contributed by atoms with Gasteiger partial charge in [0.1, 0.15) is 12.2 Å². The van der Waals surface area contributed by atoms with E-state index in [0.717, 1.165) is 14.9 Å². The second kappa shape index (κ2) is 13.8. The number of ether oxygens (including phenoxy) is 4. The van der Waals surface area contributed by atoms with Crippen LogP contribution in [0.25, 0.3) is 6.08 Å². The summed E-state index contributed by atoms with van der Waals surface area (Å²) in [5.74, 6) is 0.646. The molecule has 0 radical (unpaired) electrons. The summed E-state index contributed by atoms with van der Waals surface area (Å²) in [4.78, 5) is 39.6. The van der Waals surface area contributed by atoms with Gasteiger partial charge in [0.05, 0.1) is 29.9 Å². The van der Waals surface area contributed by atoms with Gasteiger partial charge in [0, 0.05) is 0 Å². The maximum absolute atomic E-state index is 13.3. The molecule has 2 aromatic rings. The Labute approximate surface area is 235 Å². The van der Waals surface area contributed by atoms with Gasteiger partial charge in [0.25, 0.3) is 11.8 Å². The van der Waals surface area contributed by atoms with Crippen LogP contribution in [0.2, 0.25) is 0 Å². The third-order valence-corrected chi connectivity index (χ3v) is 6.09. The van der Waals surface area contributed by atoms with Crippen molar-refractivity contribution in [3.8, 4) is 23.0 Å². The lowest BCUT2D eigenvalue weighted by atomic mass is 10.1. The molecule has 0 atom stereocenters. The number of nitrogens with zero attached hydrogens (tertiary/aromatic N) is 1. The largest absolute Gasteiger partial charge is 0.490 e. The fourth-order valence-corrected chi connectivity index (χ4v) is 4.43. The third-order valence-electron chi connectivity index (χ3n) is 5.28. The Bertz CT molecular complexity index is 1240. The van der Waals surface area contributed by atoms with Crippen LogP contribution < -0.4 is 24.3 Å². The molecule has 0 unspecified atom stereocenters. The quantitative estimate of drug-likeness (QED) is 0.142. The van der Waals surface area contributed by atoms with Gasteiger partial charge < -0.3 is 18.9 Å². The van der Waals surface area contributed by atoms with Gasteiger partial charge in [-0.05, 0) is 84.3 Å². The lowest BCUT2D eigenvalue weighted by Crippen LogP contribution is -2.53. The average molecular weight is 634 g/mol. The molecule has 0 saturated carbocycles. The van der Waals surface area contributed by atoms with E-state index < -0.39 is 17.8 Å². The van der Waals surface area contributed by atoms with Gasteiger partial charge in [0.2, 0.25) is 0 Å². The SMILES string of the molecule is C=CCOc1c(I)cc(/C=C2\C(=O)NC(=O)N(Cc3ccc(OCCC)c(OCC)c3)C2=O)cc1OCC. The molecule has 1 aliphatic heterocycles. The molecular weight excluding hydrogens is 603 g/mol. The van der Waals surface area contributed by atoms with Crippen LogP contribution in [0, 0.1) is 3.57 Å². The van der Waals surface area contributed by atoms with Crippen molar-refractivity contribution in [1.82, 2.24) is 10.2 Å². The van der Waals surface area contributed by atoms with E-state index in [-0.39, 0.29) is 12.1 Å². The van der Waals surface area contributed by atoms with Crippen molar-refractivity contribution < 1.29 is 33.3 Å². The molecule has 9 nitrogen and oxygen atoms in total. The fraction of sp³-hybridized carbons (Fsp3) is 0.321. The molecule has 202 valence electrons. The lowest BCUT2D eigenvalue weighted by Gasteiger charge is -2.26. The molecule has 0 bridgehead atoms. The minimum atomic E-state index is -0.792. The lowest BCUT2D eigenvalue weighted by molar-refractivity contribution is -0.130. The zero-order valence-corrected chi connectivity index (χ0v) is 23.8. The van der Waals surface area contributed by atoms with Crippen molar-refractivity contribution in [2.75, 3.05) is 26.4 Å². The van der Waals surface area contributed by atoms with Gasteiger partial charge in [-0.15, -0.1) is 0 Å². The van der Waals surface area contributed by atoms with E-state index in [2.05, 4.69) is 34.5 Å². The van der Waals surface area contributed by atoms with Crippen molar-refractivity contribution in [2.45, 2.75) is 33.7 Å². The van der Waals surface area contributed by atoms with Gasteiger partial charge >= 0.3 is 6.03 Å². The molecule has 0 aromatic heterocycles. The number of nitrogens with one attached hydrogen (secondary N) is 1. The summed E-state index contributed by atoms with van der Waals surface area (Å²) in [6.45, 7) is 11.0. The van der Waals surface area contributed by atoms with Crippen molar-refractivity contribution in [3.05, 3.63) is 63.3 Å². The van der Waals surface area contributed by atoms with Gasteiger partial charge in [-0.1, -0.05) is 25.6 Å². The van der Waals surface area contributed by atoms with E-state index in [1.165, 1.54) is 6.08 Å². The summed E-state index contributed by atoms with van der Waals surface area (Å²) >= 11 is 2.10. The van der Waals surface area contributed by atoms with Gasteiger partial charge in [-0.25, -0.2) is 4.79 Å². The Morgan fingerprint density at radius 1 is 0.947 bits per heavy atom. The second-order valence-corrected chi connectivity index (χ2v) is 9.30. The highest BCUT2D eigenvalue weighted by Crippen LogP contribution is 2.35. The molecule has 10 heteroatoms. The summed E-state index contributed by atoms with van der Waals surface area (Å²) in [5, 5.41) is 2.26. The first-order valence-corrected chi connectivity index (χ1v) is 13.4. The number of hydrogen-bond donors (Lipinski definition) is 1. The van der Waals surface area contributed by atoms with Crippen molar-refractivity contribution >= 4 is 46.5 Å². The first kappa shape index (κ1) is 29.0. The van der Waals surface area contributed by atoms with Gasteiger partial charge in [0.15, 0.2) is 23.0 Å². The number of barbiturate groups is 1. The Morgan fingerprint density at radius 3 is 2.37 bits per heavy atom. The van der Waals surface area contributed by atoms with Crippen LogP contribution in [0.1, 0.15) is 38.3 Å². The number of rotatable bonds is 13. The van der Waals surface area contributed by atoms with Crippen LogP contribution in [0.5, 0.6) is 23.0 Å². The smallest absolute Gasteiger partial charge is 0.331 e. The molecule has 1 heterocycles. The Morgan fingerprint density at radius 2 is 1.68 bits per heavy atom. The highest BCUT2D eigenvalue weighted by molar-refractivity contribution is 14.1. The van der Waals surface area contributed by atoms with Crippen molar-refractivity contribution in [1.29, 1.82) is 0 Å². The number of urea groups is 1. The maximum Gasteiger partial charge on any atom is 0.331 e. The number of halogens is 1. The van der Waals surface area contributed by atoms with E-state index in [1.807, 2.05) is 20.8 Å². The van der Waals surface area contributed by atoms with E-state index in [4.69, 9.17) is 18.9 Å². The van der Waals surface area contributed by atoms with Crippen molar-refractivity contribution in [3.63, 3.8) is 0 Å². The molecule has 1 saturated heterocycles. The maximum atomic E-state index is 13.3. The van der Waals surface area contributed by atoms with Crippen LogP contribution >= 0.6 is 22.6 Å². The third kappa shape index (κ3) is 7.06. The van der Waals surface area contributed by atoms with Crippen LogP contribution in [0.4, 0.5) is 4.79 Å². The Hall–Kier alpha value is -3.54. The first-order valence-electron chi connectivity index (χ1n) is 12.3. The monoisotopic (exact) mass is 634 g/mol.